The maximum absolute atomic E-state index is 11.5. The lowest BCUT2D eigenvalue weighted by molar-refractivity contribution is -0.144. The van der Waals surface area contributed by atoms with Gasteiger partial charge in [0.15, 0.2) is 0 Å². The van der Waals surface area contributed by atoms with Crippen molar-refractivity contribution in [3.05, 3.63) is 33.8 Å². The maximum atomic E-state index is 11.5. The van der Waals surface area contributed by atoms with E-state index >= 15 is 0 Å². The lowest BCUT2D eigenvalue weighted by Crippen LogP contribution is -2.42. The van der Waals surface area contributed by atoms with Gasteiger partial charge in [0, 0.05) is 16.1 Å². The molecule has 1 aliphatic heterocycles. The van der Waals surface area contributed by atoms with Crippen LogP contribution in [0.3, 0.4) is 0 Å². The monoisotopic (exact) mass is 315 g/mol. The second kappa shape index (κ2) is 6.79. The summed E-state index contributed by atoms with van der Waals surface area (Å²) in [5, 5.41) is 10.6. The van der Waals surface area contributed by atoms with Gasteiger partial charge in [-0.1, -0.05) is 42.1 Å². The second-order valence-corrected chi connectivity index (χ2v) is 6.13. The zero-order valence-electron chi connectivity index (χ0n) is 11.5. The van der Waals surface area contributed by atoms with Crippen molar-refractivity contribution in [2.24, 2.45) is 0 Å². The molecule has 1 N–H and O–H groups in total. The molecule has 0 radical (unpaired) electrons. The topological polar surface area (TPSA) is 40.5 Å². The Morgan fingerprint density at radius 1 is 1.35 bits per heavy atom. The summed E-state index contributed by atoms with van der Waals surface area (Å²) in [7, 11) is 0. The van der Waals surface area contributed by atoms with Crippen LogP contribution in [-0.2, 0) is 4.79 Å². The SMILES string of the molecule is CC(c1ccc(Cl)cc1Cl)N1CCCCCC1C(=O)O. The normalized spacial score (nSPS) is 22.2. The van der Waals surface area contributed by atoms with E-state index in [1.807, 2.05) is 17.9 Å². The molecule has 110 valence electrons. The van der Waals surface area contributed by atoms with E-state index in [2.05, 4.69) is 0 Å². The zero-order chi connectivity index (χ0) is 14.7. The highest BCUT2D eigenvalue weighted by Crippen LogP contribution is 2.33. The number of hydrogen-bond donors (Lipinski definition) is 1. The predicted molar refractivity (Wildman–Crippen MR) is 81.5 cm³/mol. The minimum absolute atomic E-state index is 0.0287. The number of halogens is 2. The van der Waals surface area contributed by atoms with Crippen LogP contribution in [0.2, 0.25) is 10.0 Å². The first kappa shape index (κ1) is 15.6. The third-order valence-corrected chi connectivity index (χ3v) is 4.55. The Kier molecular flexibility index (Phi) is 5.30. The summed E-state index contributed by atoms with van der Waals surface area (Å²) in [6, 6.07) is 4.94. The highest BCUT2D eigenvalue weighted by atomic mass is 35.5. The highest BCUT2D eigenvalue weighted by molar-refractivity contribution is 6.35. The van der Waals surface area contributed by atoms with Crippen LogP contribution >= 0.6 is 23.2 Å². The minimum atomic E-state index is -0.746. The predicted octanol–water partition coefficient (Wildman–Crippen LogP) is 4.38. The Hall–Kier alpha value is -0.770. The van der Waals surface area contributed by atoms with E-state index in [4.69, 9.17) is 23.2 Å². The van der Waals surface area contributed by atoms with Crippen molar-refractivity contribution >= 4 is 29.2 Å². The van der Waals surface area contributed by atoms with Crippen LogP contribution in [0.1, 0.15) is 44.2 Å². The number of nitrogens with zero attached hydrogens (tertiary/aromatic N) is 1. The molecule has 2 atom stereocenters. The smallest absolute Gasteiger partial charge is 0.320 e. The standard InChI is InChI=1S/C15H19Cl2NO2/c1-10(12-7-6-11(16)9-13(12)17)18-8-4-2-3-5-14(18)15(19)20/h6-7,9-10,14H,2-5,8H2,1H3,(H,19,20). The maximum Gasteiger partial charge on any atom is 0.320 e. The molecule has 0 aromatic heterocycles. The summed E-state index contributed by atoms with van der Waals surface area (Å²) in [4.78, 5) is 13.5. The lowest BCUT2D eigenvalue weighted by atomic mass is 10.0. The van der Waals surface area contributed by atoms with E-state index in [0.29, 0.717) is 16.5 Å². The van der Waals surface area contributed by atoms with Crippen LogP contribution in [0.25, 0.3) is 0 Å². The number of likely N-dealkylation sites (tertiary alicyclic amines) is 1. The van der Waals surface area contributed by atoms with Crippen LogP contribution in [0, 0.1) is 0 Å². The summed E-state index contributed by atoms with van der Waals surface area (Å²) < 4.78 is 0. The fraction of sp³-hybridized carbons (Fsp3) is 0.533. The average Bonchev–Trinajstić information content (AvgIpc) is 2.63. The molecule has 20 heavy (non-hydrogen) atoms. The van der Waals surface area contributed by atoms with Gasteiger partial charge in [-0.15, -0.1) is 0 Å². The molecule has 0 bridgehead atoms. The van der Waals surface area contributed by atoms with Crippen molar-refractivity contribution in [1.29, 1.82) is 0 Å². The van der Waals surface area contributed by atoms with Crippen LogP contribution < -0.4 is 0 Å². The number of rotatable bonds is 3. The first-order valence-corrected chi connectivity index (χ1v) is 7.70. The Labute approximate surface area is 129 Å². The van der Waals surface area contributed by atoms with Crippen molar-refractivity contribution in [1.82, 2.24) is 4.90 Å². The molecule has 5 heteroatoms. The van der Waals surface area contributed by atoms with Crippen LogP contribution in [-0.4, -0.2) is 28.6 Å². The van der Waals surface area contributed by atoms with Gasteiger partial charge in [0.05, 0.1) is 0 Å². The third-order valence-electron chi connectivity index (χ3n) is 3.99. The minimum Gasteiger partial charge on any atom is -0.480 e. The molecule has 1 aromatic rings. The van der Waals surface area contributed by atoms with E-state index in [-0.39, 0.29) is 6.04 Å². The number of carbonyl (C=O) groups is 1. The van der Waals surface area contributed by atoms with Crippen molar-refractivity contribution in [3.63, 3.8) is 0 Å². The number of aliphatic carboxylic acids is 1. The lowest BCUT2D eigenvalue weighted by Gasteiger charge is -2.33. The number of carboxylic acid groups (broad SMARTS) is 1. The van der Waals surface area contributed by atoms with Gasteiger partial charge in [-0.05, 0) is 44.0 Å². The first-order valence-electron chi connectivity index (χ1n) is 6.94. The Morgan fingerprint density at radius 2 is 2.10 bits per heavy atom. The number of hydrogen-bond acceptors (Lipinski definition) is 2. The van der Waals surface area contributed by atoms with Crippen LogP contribution in [0.15, 0.2) is 18.2 Å². The molecule has 0 aliphatic carbocycles. The summed E-state index contributed by atoms with van der Waals surface area (Å²) in [6.07, 6.45) is 3.78. The molecule has 1 saturated heterocycles. The van der Waals surface area contributed by atoms with Gasteiger partial charge in [-0.25, -0.2) is 0 Å². The van der Waals surface area contributed by atoms with Gasteiger partial charge >= 0.3 is 5.97 Å². The largest absolute Gasteiger partial charge is 0.480 e. The molecular formula is C15H19Cl2NO2. The van der Waals surface area contributed by atoms with E-state index < -0.39 is 12.0 Å². The zero-order valence-corrected chi connectivity index (χ0v) is 13.0. The number of benzene rings is 1. The molecule has 2 rings (SSSR count). The van der Waals surface area contributed by atoms with E-state index in [1.165, 1.54) is 0 Å². The molecule has 0 amide bonds. The van der Waals surface area contributed by atoms with Crippen LogP contribution in [0.4, 0.5) is 0 Å². The molecule has 1 heterocycles. The summed E-state index contributed by atoms with van der Waals surface area (Å²) in [6.45, 7) is 2.80. The molecular weight excluding hydrogens is 297 g/mol. The van der Waals surface area contributed by atoms with Gasteiger partial charge in [0.25, 0.3) is 0 Å². The Balaban J connectivity index is 2.28. The summed E-state index contributed by atoms with van der Waals surface area (Å²) >= 11 is 12.2. The molecule has 0 saturated carbocycles. The third kappa shape index (κ3) is 3.46. The quantitative estimate of drug-likeness (QED) is 0.899. The van der Waals surface area contributed by atoms with Gasteiger partial charge in [-0.2, -0.15) is 0 Å². The molecule has 1 fully saturated rings. The van der Waals surface area contributed by atoms with Gasteiger partial charge in [0.1, 0.15) is 6.04 Å². The summed E-state index contributed by atoms with van der Waals surface area (Å²) in [5.74, 6) is -0.746. The highest BCUT2D eigenvalue weighted by Gasteiger charge is 2.31. The second-order valence-electron chi connectivity index (χ2n) is 5.28. The average molecular weight is 316 g/mol. The fourth-order valence-electron chi connectivity index (χ4n) is 2.88. The van der Waals surface area contributed by atoms with E-state index in [0.717, 1.165) is 31.4 Å². The van der Waals surface area contributed by atoms with Crippen LogP contribution in [0.5, 0.6) is 0 Å². The van der Waals surface area contributed by atoms with Gasteiger partial charge in [0.2, 0.25) is 0 Å². The van der Waals surface area contributed by atoms with Crippen molar-refractivity contribution < 1.29 is 9.90 Å². The van der Waals surface area contributed by atoms with Gasteiger partial charge in [-0.3, -0.25) is 9.69 Å². The Morgan fingerprint density at radius 3 is 2.75 bits per heavy atom. The molecule has 3 nitrogen and oxygen atoms in total. The number of carboxylic acids is 1. The molecule has 2 unspecified atom stereocenters. The van der Waals surface area contributed by atoms with Crippen molar-refractivity contribution in [3.8, 4) is 0 Å². The summed E-state index contributed by atoms with van der Waals surface area (Å²) in [5.41, 5.74) is 0.934. The fourth-order valence-corrected chi connectivity index (χ4v) is 3.44. The van der Waals surface area contributed by atoms with Gasteiger partial charge < -0.3 is 5.11 Å². The molecule has 0 spiro atoms. The molecule has 1 aliphatic rings. The van der Waals surface area contributed by atoms with Crippen molar-refractivity contribution in [2.45, 2.75) is 44.7 Å². The molecule has 1 aromatic carbocycles. The van der Waals surface area contributed by atoms with E-state index in [9.17, 15) is 9.90 Å². The first-order chi connectivity index (χ1) is 9.50. The Bertz CT molecular complexity index is 493. The van der Waals surface area contributed by atoms with E-state index in [1.54, 1.807) is 12.1 Å². The van der Waals surface area contributed by atoms with Crippen molar-refractivity contribution in [2.75, 3.05) is 6.54 Å².